The molecule has 0 radical (unpaired) electrons. The number of rotatable bonds is 3. The number of anilines is 3. The van der Waals surface area contributed by atoms with E-state index in [2.05, 4.69) is 46.6 Å². The van der Waals surface area contributed by atoms with Gasteiger partial charge in [0.25, 0.3) is 0 Å². The molecule has 4 rings (SSSR count). The maximum atomic E-state index is 9.28. The molecular formula is C22H18N4. The molecule has 0 unspecified atom stereocenters. The van der Waals surface area contributed by atoms with Crippen molar-refractivity contribution in [2.45, 2.75) is 0 Å². The summed E-state index contributed by atoms with van der Waals surface area (Å²) in [5, 5.41) is 14.8. The lowest BCUT2D eigenvalue weighted by molar-refractivity contribution is 1.13. The van der Waals surface area contributed by atoms with E-state index < -0.39 is 0 Å². The lowest BCUT2D eigenvalue weighted by Gasteiger charge is -2.16. The zero-order chi connectivity index (χ0) is 18.1. The van der Waals surface area contributed by atoms with Crippen LogP contribution in [-0.2, 0) is 0 Å². The van der Waals surface area contributed by atoms with Crippen LogP contribution in [0.5, 0.6) is 0 Å². The summed E-state index contributed by atoms with van der Waals surface area (Å²) in [6.45, 7) is 0. The highest BCUT2D eigenvalue weighted by molar-refractivity contribution is 6.09. The third kappa shape index (κ3) is 2.80. The summed E-state index contributed by atoms with van der Waals surface area (Å²) in [7, 11) is 4.05. The Morgan fingerprint density at radius 3 is 2.35 bits per heavy atom. The van der Waals surface area contributed by atoms with Crippen LogP contribution in [0.25, 0.3) is 21.8 Å². The first-order valence-electron chi connectivity index (χ1n) is 8.43. The van der Waals surface area contributed by atoms with Crippen LogP contribution in [-0.4, -0.2) is 19.1 Å². The van der Waals surface area contributed by atoms with Crippen LogP contribution in [0.15, 0.2) is 66.7 Å². The molecule has 26 heavy (non-hydrogen) atoms. The smallest absolute Gasteiger partial charge is 0.0991 e. The largest absolute Gasteiger partial charge is 0.378 e. The molecule has 126 valence electrons. The Hall–Kier alpha value is -3.58. The van der Waals surface area contributed by atoms with Crippen molar-refractivity contribution in [3.8, 4) is 6.07 Å². The van der Waals surface area contributed by atoms with Crippen LogP contribution in [0.4, 0.5) is 17.1 Å². The van der Waals surface area contributed by atoms with Crippen molar-refractivity contribution < 1.29 is 0 Å². The SMILES string of the molecule is CN(C)c1ccc(Nc2c3ccccc3nc3ccc(C#N)cc23)cc1. The summed E-state index contributed by atoms with van der Waals surface area (Å²) in [6.07, 6.45) is 0. The van der Waals surface area contributed by atoms with Crippen molar-refractivity contribution in [1.29, 1.82) is 5.26 Å². The number of pyridine rings is 1. The van der Waals surface area contributed by atoms with E-state index in [1.165, 1.54) is 0 Å². The fraction of sp³-hybridized carbons (Fsp3) is 0.0909. The van der Waals surface area contributed by atoms with E-state index in [4.69, 9.17) is 4.98 Å². The quantitative estimate of drug-likeness (QED) is 0.530. The van der Waals surface area contributed by atoms with Gasteiger partial charge in [-0.1, -0.05) is 18.2 Å². The molecule has 4 aromatic rings. The number of nitrogens with one attached hydrogen (secondary N) is 1. The van der Waals surface area contributed by atoms with Crippen LogP contribution in [0, 0.1) is 11.3 Å². The molecular weight excluding hydrogens is 320 g/mol. The second-order valence-corrected chi connectivity index (χ2v) is 6.41. The van der Waals surface area contributed by atoms with Crippen LogP contribution in [0.2, 0.25) is 0 Å². The van der Waals surface area contributed by atoms with Gasteiger partial charge in [0.05, 0.1) is 28.4 Å². The molecule has 4 nitrogen and oxygen atoms in total. The molecule has 0 aliphatic heterocycles. The third-order valence-electron chi connectivity index (χ3n) is 4.46. The van der Waals surface area contributed by atoms with Gasteiger partial charge in [-0.3, -0.25) is 0 Å². The first kappa shape index (κ1) is 15.9. The zero-order valence-electron chi connectivity index (χ0n) is 14.7. The van der Waals surface area contributed by atoms with E-state index >= 15 is 0 Å². The second kappa shape index (κ2) is 6.38. The summed E-state index contributed by atoms with van der Waals surface area (Å²) in [5.41, 5.74) is 5.54. The molecule has 1 aromatic heterocycles. The highest BCUT2D eigenvalue weighted by Crippen LogP contribution is 2.33. The summed E-state index contributed by atoms with van der Waals surface area (Å²) < 4.78 is 0. The Morgan fingerprint density at radius 1 is 0.885 bits per heavy atom. The van der Waals surface area contributed by atoms with Crippen molar-refractivity contribution in [3.05, 3.63) is 72.3 Å². The minimum atomic E-state index is 0.626. The average molecular weight is 338 g/mol. The second-order valence-electron chi connectivity index (χ2n) is 6.41. The summed E-state index contributed by atoms with van der Waals surface area (Å²) in [4.78, 5) is 6.81. The number of fused-ring (bicyclic) bond motifs is 2. The predicted octanol–water partition coefficient (Wildman–Crippen LogP) is 5.07. The average Bonchev–Trinajstić information content (AvgIpc) is 2.68. The van der Waals surface area contributed by atoms with Gasteiger partial charge >= 0.3 is 0 Å². The predicted molar refractivity (Wildman–Crippen MR) is 108 cm³/mol. The first-order chi connectivity index (χ1) is 12.7. The Balaban J connectivity index is 1.91. The van der Waals surface area contributed by atoms with E-state index in [0.29, 0.717) is 5.56 Å². The number of benzene rings is 3. The van der Waals surface area contributed by atoms with E-state index in [0.717, 1.165) is 38.9 Å². The van der Waals surface area contributed by atoms with Gasteiger partial charge in [-0.25, -0.2) is 4.98 Å². The number of aromatic nitrogens is 1. The minimum Gasteiger partial charge on any atom is -0.378 e. The highest BCUT2D eigenvalue weighted by Gasteiger charge is 2.10. The topological polar surface area (TPSA) is 52.0 Å². The molecule has 0 saturated carbocycles. The number of para-hydroxylation sites is 1. The van der Waals surface area contributed by atoms with Gasteiger partial charge in [0, 0.05) is 36.2 Å². The number of nitrogens with zero attached hydrogens (tertiary/aromatic N) is 3. The maximum absolute atomic E-state index is 9.28. The molecule has 0 saturated heterocycles. The molecule has 3 aromatic carbocycles. The fourth-order valence-electron chi connectivity index (χ4n) is 3.08. The van der Waals surface area contributed by atoms with Crippen LogP contribution >= 0.6 is 0 Å². The first-order valence-corrected chi connectivity index (χ1v) is 8.43. The molecule has 1 heterocycles. The van der Waals surface area contributed by atoms with Gasteiger partial charge in [0.2, 0.25) is 0 Å². The molecule has 0 aliphatic carbocycles. The zero-order valence-corrected chi connectivity index (χ0v) is 14.7. The molecule has 4 heteroatoms. The Kier molecular flexibility index (Phi) is 3.91. The lowest BCUT2D eigenvalue weighted by Crippen LogP contribution is -2.08. The minimum absolute atomic E-state index is 0.626. The van der Waals surface area contributed by atoms with Crippen molar-refractivity contribution in [1.82, 2.24) is 4.98 Å². The maximum Gasteiger partial charge on any atom is 0.0991 e. The van der Waals surface area contributed by atoms with Crippen molar-refractivity contribution in [2.75, 3.05) is 24.3 Å². The van der Waals surface area contributed by atoms with Crippen LogP contribution in [0.1, 0.15) is 5.56 Å². The Labute approximate surface area is 152 Å². The van der Waals surface area contributed by atoms with E-state index in [9.17, 15) is 5.26 Å². The van der Waals surface area contributed by atoms with Crippen LogP contribution < -0.4 is 10.2 Å². The van der Waals surface area contributed by atoms with E-state index in [-0.39, 0.29) is 0 Å². The highest BCUT2D eigenvalue weighted by atomic mass is 15.1. The molecule has 0 aliphatic rings. The number of hydrogen-bond donors (Lipinski definition) is 1. The summed E-state index contributed by atoms with van der Waals surface area (Å²) >= 11 is 0. The van der Waals surface area contributed by atoms with Crippen molar-refractivity contribution in [2.24, 2.45) is 0 Å². The van der Waals surface area contributed by atoms with Crippen molar-refractivity contribution in [3.63, 3.8) is 0 Å². The van der Waals surface area contributed by atoms with Crippen molar-refractivity contribution >= 4 is 38.9 Å². The molecule has 0 amide bonds. The van der Waals surface area contributed by atoms with Gasteiger partial charge in [0.15, 0.2) is 0 Å². The molecule has 0 spiro atoms. The molecule has 0 fully saturated rings. The van der Waals surface area contributed by atoms with Gasteiger partial charge in [-0.2, -0.15) is 5.26 Å². The normalized spacial score (nSPS) is 10.7. The molecule has 1 N–H and O–H groups in total. The van der Waals surface area contributed by atoms with Gasteiger partial charge in [-0.15, -0.1) is 0 Å². The lowest BCUT2D eigenvalue weighted by atomic mass is 10.1. The number of hydrogen-bond acceptors (Lipinski definition) is 4. The monoisotopic (exact) mass is 338 g/mol. The van der Waals surface area contributed by atoms with E-state index in [1.54, 1.807) is 6.07 Å². The fourth-order valence-corrected chi connectivity index (χ4v) is 3.08. The molecule has 0 atom stereocenters. The third-order valence-corrected chi connectivity index (χ3v) is 4.46. The van der Waals surface area contributed by atoms with E-state index in [1.807, 2.05) is 44.4 Å². The Bertz CT molecular complexity index is 1140. The van der Waals surface area contributed by atoms with Gasteiger partial charge in [-0.05, 0) is 48.5 Å². The van der Waals surface area contributed by atoms with Gasteiger partial charge < -0.3 is 10.2 Å². The molecule has 0 bridgehead atoms. The number of nitriles is 1. The summed E-state index contributed by atoms with van der Waals surface area (Å²) in [6, 6.07) is 24.1. The van der Waals surface area contributed by atoms with Gasteiger partial charge in [0.1, 0.15) is 0 Å². The Morgan fingerprint density at radius 2 is 1.62 bits per heavy atom. The standard InChI is InChI=1S/C22H18N4/c1-26(2)17-10-8-16(9-11-17)24-22-18-5-3-4-6-20(18)25-21-12-7-15(14-23)13-19(21)22/h3-13H,1-2H3,(H,24,25). The van der Waals surface area contributed by atoms with Crippen LogP contribution in [0.3, 0.4) is 0 Å². The summed E-state index contributed by atoms with van der Waals surface area (Å²) in [5.74, 6) is 0.